The van der Waals surface area contributed by atoms with Gasteiger partial charge in [0.25, 0.3) is 0 Å². The summed E-state index contributed by atoms with van der Waals surface area (Å²) < 4.78 is 6.39. The largest absolute Gasteiger partial charge is 0.493 e. The molecular formula is C12H16BrNO3. The fourth-order valence-electron chi connectivity index (χ4n) is 1.19. The molecular weight excluding hydrogens is 286 g/mol. The van der Waals surface area contributed by atoms with E-state index in [4.69, 9.17) is 9.84 Å². The van der Waals surface area contributed by atoms with E-state index in [1.54, 1.807) is 6.92 Å². The monoisotopic (exact) mass is 301 g/mol. The summed E-state index contributed by atoms with van der Waals surface area (Å²) >= 11 is 3.33. The van der Waals surface area contributed by atoms with Gasteiger partial charge >= 0.3 is 0 Å². The van der Waals surface area contributed by atoms with Crippen molar-refractivity contribution >= 4 is 21.8 Å². The van der Waals surface area contributed by atoms with Crippen molar-refractivity contribution in [2.24, 2.45) is 0 Å². The summed E-state index contributed by atoms with van der Waals surface area (Å²) in [6.07, 6.45) is 0.278. The van der Waals surface area contributed by atoms with Gasteiger partial charge in [-0.05, 0) is 31.2 Å². The number of halogens is 1. The van der Waals surface area contributed by atoms with E-state index in [9.17, 15) is 4.79 Å². The summed E-state index contributed by atoms with van der Waals surface area (Å²) in [5, 5.41) is 11.4. The molecule has 1 rings (SSSR count). The summed E-state index contributed by atoms with van der Waals surface area (Å²) in [5.74, 6) is 0.611. The van der Waals surface area contributed by atoms with Crippen LogP contribution in [0.4, 0.5) is 0 Å². The first-order valence-corrected chi connectivity index (χ1v) is 6.19. The van der Waals surface area contributed by atoms with Gasteiger partial charge in [-0.25, -0.2) is 0 Å². The first kappa shape index (κ1) is 14.0. The molecule has 0 spiro atoms. The average Bonchev–Trinajstić information content (AvgIpc) is 2.31. The topological polar surface area (TPSA) is 58.6 Å². The van der Waals surface area contributed by atoms with Crippen LogP contribution in [0.3, 0.4) is 0 Å². The zero-order valence-electron chi connectivity index (χ0n) is 9.65. The van der Waals surface area contributed by atoms with Crippen molar-refractivity contribution in [3.8, 4) is 5.75 Å². The molecule has 0 heterocycles. The van der Waals surface area contributed by atoms with Gasteiger partial charge in [0, 0.05) is 10.5 Å². The van der Waals surface area contributed by atoms with Gasteiger partial charge in [0.15, 0.2) is 0 Å². The normalized spacial score (nSPS) is 11.9. The van der Waals surface area contributed by atoms with Crippen LogP contribution in [-0.4, -0.2) is 30.3 Å². The van der Waals surface area contributed by atoms with Crippen molar-refractivity contribution in [1.82, 2.24) is 5.32 Å². The number of nitrogens with one attached hydrogen (secondary N) is 1. The third-order valence-electron chi connectivity index (χ3n) is 2.09. The Morgan fingerprint density at radius 2 is 2.12 bits per heavy atom. The molecule has 0 bridgehead atoms. The smallest absolute Gasteiger partial charge is 0.223 e. The van der Waals surface area contributed by atoms with Crippen LogP contribution >= 0.6 is 15.9 Å². The summed E-state index contributed by atoms with van der Waals surface area (Å²) in [6.45, 7) is 2.01. The van der Waals surface area contributed by atoms with E-state index in [0.717, 1.165) is 10.2 Å². The Hall–Kier alpha value is -1.07. The molecule has 1 unspecified atom stereocenters. The highest BCUT2D eigenvalue weighted by molar-refractivity contribution is 9.10. The lowest BCUT2D eigenvalue weighted by atomic mass is 10.3. The maximum Gasteiger partial charge on any atom is 0.223 e. The molecule has 5 heteroatoms. The molecule has 0 aliphatic rings. The molecule has 1 atom stereocenters. The second-order valence-corrected chi connectivity index (χ2v) is 4.62. The number of aliphatic hydroxyl groups is 1. The second kappa shape index (κ2) is 7.29. The summed E-state index contributed by atoms with van der Waals surface area (Å²) in [6, 6.07) is 7.21. The lowest BCUT2D eigenvalue weighted by Gasteiger charge is -2.11. The molecule has 2 N–H and O–H groups in total. The maximum absolute atomic E-state index is 11.3. The first-order chi connectivity index (χ1) is 8.11. The Labute approximate surface area is 109 Å². The minimum Gasteiger partial charge on any atom is -0.493 e. The van der Waals surface area contributed by atoms with Crippen LogP contribution in [-0.2, 0) is 4.79 Å². The van der Waals surface area contributed by atoms with Crippen LogP contribution in [0.2, 0.25) is 0 Å². The van der Waals surface area contributed by atoms with E-state index in [1.165, 1.54) is 0 Å². The standard InChI is InChI=1S/C12H16BrNO3/c1-9(8-15)14-12(16)6-7-17-11-4-2-10(13)3-5-11/h2-5,9,15H,6-8H2,1H3,(H,14,16). The predicted octanol–water partition coefficient (Wildman–Crippen LogP) is 1.71. The molecule has 0 saturated carbocycles. The number of carbonyl (C=O) groups excluding carboxylic acids is 1. The van der Waals surface area contributed by atoms with Gasteiger partial charge in [-0.3, -0.25) is 4.79 Å². The Morgan fingerprint density at radius 1 is 1.47 bits per heavy atom. The zero-order valence-corrected chi connectivity index (χ0v) is 11.2. The SMILES string of the molecule is CC(CO)NC(=O)CCOc1ccc(Br)cc1. The van der Waals surface area contributed by atoms with Crippen LogP contribution in [0.15, 0.2) is 28.7 Å². The fourth-order valence-corrected chi connectivity index (χ4v) is 1.45. The molecule has 1 aromatic rings. The molecule has 1 amide bonds. The van der Waals surface area contributed by atoms with E-state index in [0.29, 0.717) is 6.61 Å². The Balaban J connectivity index is 2.23. The van der Waals surface area contributed by atoms with Gasteiger partial charge in [0.1, 0.15) is 5.75 Å². The number of hydrogen-bond acceptors (Lipinski definition) is 3. The highest BCUT2D eigenvalue weighted by Crippen LogP contribution is 2.16. The Morgan fingerprint density at radius 3 is 2.71 bits per heavy atom. The molecule has 0 aliphatic carbocycles. The van der Waals surface area contributed by atoms with Crippen LogP contribution in [0.1, 0.15) is 13.3 Å². The second-order valence-electron chi connectivity index (χ2n) is 3.70. The molecule has 94 valence electrons. The molecule has 0 saturated heterocycles. The van der Waals surface area contributed by atoms with Gasteiger partial charge in [-0.15, -0.1) is 0 Å². The predicted molar refractivity (Wildman–Crippen MR) is 68.9 cm³/mol. The summed E-state index contributed by atoms with van der Waals surface area (Å²) in [5.41, 5.74) is 0. The summed E-state index contributed by atoms with van der Waals surface area (Å²) in [7, 11) is 0. The third-order valence-corrected chi connectivity index (χ3v) is 2.62. The van der Waals surface area contributed by atoms with Gasteiger partial charge in [-0.2, -0.15) is 0 Å². The van der Waals surface area contributed by atoms with E-state index in [-0.39, 0.29) is 25.0 Å². The number of benzene rings is 1. The minimum absolute atomic E-state index is 0.0562. The van der Waals surface area contributed by atoms with Crippen molar-refractivity contribution in [2.45, 2.75) is 19.4 Å². The molecule has 0 aliphatic heterocycles. The van der Waals surface area contributed by atoms with Crippen molar-refractivity contribution in [3.05, 3.63) is 28.7 Å². The van der Waals surface area contributed by atoms with Crippen molar-refractivity contribution in [3.63, 3.8) is 0 Å². The van der Waals surface area contributed by atoms with Crippen LogP contribution < -0.4 is 10.1 Å². The zero-order chi connectivity index (χ0) is 12.7. The third kappa shape index (κ3) is 5.70. The number of aliphatic hydroxyl groups excluding tert-OH is 1. The summed E-state index contributed by atoms with van der Waals surface area (Å²) in [4.78, 5) is 11.3. The number of ether oxygens (including phenoxy) is 1. The van der Waals surface area contributed by atoms with Gasteiger partial charge < -0.3 is 15.2 Å². The fraction of sp³-hybridized carbons (Fsp3) is 0.417. The average molecular weight is 302 g/mol. The quantitative estimate of drug-likeness (QED) is 0.841. The van der Waals surface area contributed by atoms with Crippen molar-refractivity contribution < 1.29 is 14.6 Å². The van der Waals surface area contributed by atoms with Crippen molar-refractivity contribution in [1.29, 1.82) is 0 Å². The van der Waals surface area contributed by atoms with Gasteiger partial charge in [-0.1, -0.05) is 15.9 Å². The number of amides is 1. The van der Waals surface area contributed by atoms with E-state index in [1.807, 2.05) is 24.3 Å². The molecule has 17 heavy (non-hydrogen) atoms. The van der Waals surface area contributed by atoms with E-state index >= 15 is 0 Å². The molecule has 4 nitrogen and oxygen atoms in total. The maximum atomic E-state index is 11.3. The Kier molecular flexibility index (Phi) is 6.00. The minimum atomic E-state index is -0.213. The van der Waals surface area contributed by atoms with Crippen molar-refractivity contribution in [2.75, 3.05) is 13.2 Å². The van der Waals surface area contributed by atoms with E-state index in [2.05, 4.69) is 21.2 Å². The van der Waals surface area contributed by atoms with E-state index < -0.39 is 0 Å². The van der Waals surface area contributed by atoms with Crippen LogP contribution in [0.5, 0.6) is 5.75 Å². The molecule has 1 aromatic carbocycles. The number of hydrogen-bond donors (Lipinski definition) is 2. The lowest BCUT2D eigenvalue weighted by Crippen LogP contribution is -2.35. The highest BCUT2D eigenvalue weighted by Gasteiger charge is 2.05. The Bertz CT molecular complexity index is 353. The van der Waals surface area contributed by atoms with Crippen LogP contribution in [0.25, 0.3) is 0 Å². The van der Waals surface area contributed by atoms with Gasteiger partial charge in [0.2, 0.25) is 5.91 Å². The lowest BCUT2D eigenvalue weighted by molar-refractivity contribution is -0.122. The highest BCUT2D eigenvalue weighted by atomic mass is 79.9. The molecule has 0 radical (unpaired) electrons. The first-order valence-electron chi connectivity index (χ1n) is 5.40. The van der Waals surface area contributed by atoms with Gasteiger partial charge in [0.05, 0.1) is 19.6 Å². The number of carbonyl (C=O) groups is 1. The molecule has 0 aromatic heterocycles. The number of rotatable bonds is 6. The molecule has 0 fully saturated rings. The van der Waals surface area contributed by atoms with Crippen LogP contribution in [0, 0.1) is 0 Å².